The van der Waals surface area contributed by atoms with Gasteiger partial charge in [0.1, 0.15) is 41.0 Å². The van der Waals surface area contributed by atoms with Crippen LogP contribution in [0.5, 0.6) is 17.2 Å². The molecule has 9 nitrogen and oxygen atoms in total. The largest absolute Gasteiger partial charge is 0.487 e. The van der Waals surface area contributed by atoms with Crippen LogP contribution in [0.3, 0.4) is 0 Å². The van der Waals surface area contributed by atoms with Crippen molar-refractivity contribution in [3.63, 3.8) is 0 Å². The van der Waals surface area contributed by atoms with Crippen LogP contribution in [0, 0.1) is 5.82 Å². The molecule has 44 heavy (non-hydrogen) atoms. The van der Waals surface area contributed by atoms with Gasteiger partial charge in [-0.2, -0.15) is 13.2 Å². The summed E-state index contributed by atoms with van der Waals surface area (Å²) in [6, 6.07) is 7.21. The Bertz CT molecular complexity index is 1680. The first kappa shape index (κ1) is 29.9. The number of aromatic nitrogens is 2. The lowest BCUT2D eigenvalue weighted by Crippen LogP contribution is -2.56. The van der Waals surface area contributed by atoms with Crippen molar-refractivity contribution in [2.24, 2.45) is 0 Å². The molecule has 2 aliphatic rings. The smallest absolute Gasteiger partial charge is 0.420 e. The van der Waals surface area contributed by atoms with Gasteiger partial charge in [-0.3, -0.25) is 4.90 Å². The molecule has 2 aromatic heterocycles. The van der Waals surface area contributed by atoms with Crippen LogP contribution in [-0.2, 0) is 10.9 Å². The Hall–Kier alpha value is -4.14. The number of ether oxygens (including phenoxy) is 3. The molecule has 2 amide bonds. The molecule has 2 aromatic carbocycles. The second-order valence-electron chi connectivity index (χ2n) is 10.3. The predicted molar refractivity (Wildman–Crippen MR) is 152 cm³/mol. The lowest BCUT2D eigenvalue weighted by atomic mass is 10.0. The van der Waals surface area contributed by atoms with Gasteiger partial charge in [0.2, 0.25) is 0 Å². The normalized spacial score (nSPS) is 19.4. The monoisotopic (exact) mass is 637 g/mol. The Balaban J connectivity index is 1.10. The Morgan fingerprint density at radius 2 is 1.93 bits per heavy atom. The number of hydrogen-bond acceptors (Lipinski definition) is 6. The molecule has 15 heteroatoms. The first-order valence-corrected chi connectivity index (χ1v) is 13.9. The van der Waals surface area contributed by atoms with Crippen molar-refractivity contribution in [1.82, 2.24) is 14.9 Å². The fourth-order valence-corrected chi connectivity index (χ4v) is 5.28. The lowest BCUT2D eigenvalue weighted by molar-refractivity contribution is -0.140. The van der Waals surface area contributed by atoms with Gasteiger partial charge in [0, 0.05) is 37.2 Å². The zero-order chi connectivity index (χ0) is 31.0. The summed E-state index contributed by atoms with van der Waals surface area (Å²) in [6.45, 7) is 1.52. The van der Waals surface area contributed by atoms with Crippen LogP contribution in [0.2, 0.25) is 5.02 Å². The molecule has 2 saturated heterocycles. The number of piperidine rings is 1. The van der Waals surface area contributed by atoms with Crippen LogP contribution in [-0.4, -0.2) is 65.5 Å². The van der Waals surface area contributed by atoms with Crippen LogP contribution >= 0.6 is 11.6 Å². The third-order valence-electron chi connectivity index (χ3n) is 7.37. The molecule has 4 heterocycles. The number of aromatic amines is 1. The average molecular weight is 638 g/mol. The molecule has 0 bridgehead atoms. The summed E-state index contributed by atoms with van der Waals surface area (Å²) in [5.41, 5.74) is -1.19. The van der Waals surface area contributed by atoms with Gasteiger partial charge in [-0.15, -0.1) is 0 Å². The van der Waals surface area contributed by atoms with E-state index < -0.39 is 41.6 Å². The topological polar surface area (TPSA) is 101 Å². The molecule has 0 aliphatic carbocycles. The third kappa shape index (κ3) is 6.37. The highest BCUT2D eigenvalue weighted by atomic mass is 35.5. The molecule has 232 valence electrons. The van der Waals surface area contributed by atoms with E-state index in [-0.39, 0.29) is 36.1 Å². The number of benzene rings is 2. The second-order valence-corrected chi connectivity index (χ2v) is 10.8. The van der Waals surface area contributed by atoms with Gasteiger partial charge in [-0.05, 0) is 42.8 Å². The Morgan fingerprint density at radius 3 is 2.64 bits per heavy atom. The van der Waals surface area contributed by atoms with E-state index in [9.17, 15) is 26.7 Å². The number of nitrogens with one attached hydrogen (secondary N) is 3. The number of amides is 2. The van der Waals surface area contributed by atoms with E-state index in [4.69, 9.17) is 25.8 Å². The number of anilines is 2. The van der Waals surface area contributed by atoms with E-state index in [1.54, 1.807) is 6.07 Å². The fourth-order valence-electron chi connectivity index (χ4n) is 5.05. The molecular formula is C29H25ClF5N5O4. The molecule has 2 aliphatic heterocycles. The summed E-state index contributed by atoms with van der Waals surface area (Å²) in [7, 11) is 0. The van der Waals surface area contributed by atoms with Crippen molar-refractivity contribution in [2.45, 2.75) is 30.9 Å². The van der Waals surface area contributed by atoms with Gasteiger partial charge in [-0.1, -0.05) is 11.6 Å². The lowest BCUT2D eigenvalue weighted by Gasteiger charge is -2.42. The van der Waals surface area contributed by atoms with E-state index in [2.05, 4.69) is 20.6 Å². The maximum atomic E-state index is 14.8. The van der Waals surface area contributed by atoms with E-state index in [0.717, 1.165) is 12.1 Å². The van der Waals surface area contributed by atoms with Crippen LogP contribution in [0.1, 0.15) is 12.0 Å². The van der Waals surface area contributed by atoms with Gasteiger partial charge >= 0.3 is 12.2 Å². The van der Waals surface area contributed by atoms with Crippen molar-refractivity contribution in [2.75, 3.05) is 36.9 Å². The number of H-pyrrole nitrogens is 1. The molecule has 6 rings (SSSR count). The standard InChI is InChI=1S/C29H25ClF5N5O4/c30-19-11-37-27-26(19)25(5-7-36-27)43-17-2-3-22(20(31)10-17)39-28(41)38-15-1-4-23(18(9-15)29(33,34)35)44-24-6-8-40(12-21(24)32)16-13-42-14-16/h1-5,7,9-11,16,21,24H,6,8,12-14H2,(H,36,37)(H2,38,39,41). The van der Waals surface area contributed by atoms with Crippen molar-refractivity contribution < 1.29 is 41.0 Å². The number of pyridine rings is 1. The quantitative estimate of drug-likeness (QED) is 0.189. The summed E-state index contributed by atoms with van der Waals surface area (Å²) < 4.78 is 87.8. The van der Waals surface area contributed by atoms with Gasteiger partial charge in [0.25, 0.3) is 0 Å². The average Bonchev–Trinajstić information content (AvgIpc) is 3.32. The van der Waals surface area contributed by atoms with Crippen molar-refractivity contribution in [3.8, 4) is 17.2 Å². The first-order valence-electron chi connectivity index (χ1n) is 13.6. The molecule has 0 radical (unpaired) electrons. The SMILES string of the molecule is O=C(Nc1ccc(OC2CCN(C3COC3)CC2F)c(C(F)(F)F)c1)Nc1ccc(Oc2ccnc3[nH]cc(Cl)c23)cc1F. The molecule has 4 aromatic rings. The van der Waals surface area contributed by atoms with Crippen molar-refractivity contribution in [1.29, 1.82) is 0 Å². The number of halogens is 6. The second kappa shape index (κ2) is 12.1. The van der Waals surface area contributed by atoms with Crippen LogP contribution < -0.4 is 20.1 Å². The number of hydrogen-bond donors (Lipinski definition) is 3. The highest BCUT2D eigenvalue weighted by molar-refractivity contribution is 6.36. The minimum Gasteiger partial charge on any atom is -0.487 e. The molecule has 2 unspecified atom stereocenters. The zero-order valence-electron chi connectivity index (χ0n) is 22.8. The summed E-state index contributed by atoms with van der Waals surface area (Å²) in [5.74, 6) is -0.991. The highest BCUT2D eigenvalue weighted by Crippen LogP contribution is 2.39. The number of carbonyl (C=O) groups excluding carboxylic acids is 1. The van der Waals surface area contributed by atoms with Gasteiger partial charge in [-0.25, -0.2) is 18.6 Å². The van der Waals surface area contributed by atoms with Crippen LogP contribution in [0.4, 0.5) is 38.1 Å². The summed E-state index contributed by atoms with van der Waals surface area (Å²) >= 11 is 6.17. The maximum absolute atomic E-state index is 14.8. The van der Waals surface area contributed by atoms with Gasteiger partial charge < -0.3 is 29.8 Å². The number of rotatable bonds is 7. The molecule has 0 spiro atoms. The fraction of sp³-hybridized carbons (Fsp3) is 0.310. The van der Waals surface area contributed by atoms with Crippen LogP contribution in [0.25, 0.3) is 11.0 Å². The number of nitrogens with zero attached hydrogens (tertiary/aromatic N) is 2. The molecule has 3 N–H and O–H groups in total. The highest BCUT2D eigenvalue weighted by Gasteiger charge is 2.39. The minimum atomic E-state index is -4.85. The van der Waals surface area contributed by atoms with Gasteiger partial charge in [0.05, 0.1) is 40.9 Å². The number of likely N-dealkylation sites (tertiary alicyclic amines) is 1. The Kier molecular flexibility index (Phi) is 8.22. The van der Waals surface area contributed by atoms with E-state index >= 15 is 0 Å². The zero-order valence-corrected chi connectivity index (χ0v) is 23.5. The van der Waals surface area contributed by atoms with E-state index in [1.165, 1.54) is 30.6 Å². The van der Waals surface area contributed by atoms with Crippen molar-refractivity contribution >= 4 is 40.0 Å². The molecule has 2 fully saturated rings. The number of alkyl halides is 4. The maximum Gasteiger partial charge on any atom is 0.420 e. The number of carbonyl (C=O) groups is 1. The Labute approximate surface area is 252 Å². The summed E-state index contributed by atoms with van der Waals surface area (Å²) in [6.07, 6.45) is -4.18. The minimum absolute atomic E-state index is 0.0401. The van der Waals surface area contributed by atoms with Crippen molar-refractivity contribution in [3.05, 3.63) is 71.3 Å². The molecular weight excluding hydrogens is 613 g/mol. The first-order chi connectivity index (χ1) is 21.0. The molecule has 2 atom stereocenters. The number of urea groups is 1. The van der Waals surface area contributed by atoms with Gasteiger partial charge in [0.15, 0.2) is 0 Å². The Morgan fingerprint density at radius 1 is 1.11 bits per heavy atom. The van der Waals surface area contributed by atoms with Crippen LogP contribution in [0.15, 0.2) is 54.9 Å². The van der Waals surface area contributed by atoms with E-state index in [0.29, 0.717) is 47.6 Å². The molecule has 0 saturated carbocycles. The summed E-state index contributed by atoms with van der Waals surface area (Å²) in [5, 5.41) is 5.38. The summed E-state index contributed by atoms with van der Waals surface area (Å²) in [4.78, 5) is 21.5. The number of fused-ring (bicyclic) bond motifs is 1. The predicted octanol–water partition coefficient (Wildman–Crippen LogP) is 7.00. The van der Waals surface area contributed by atoms with E-state index in [1.807, 2.05) is 4.90 Å². The third-order valence-corrected chi connectivity index (χ3v) is 7.67.